The van der Waals surface area contributed by atoms with E-state index >= 15 is 0 Å². The molecule has 6 nitrogen and oxygen atoms in total. The van der Waals surface area contributed by atoms with Crippen LogP contribution in [0.4, 0.5) is 11.4 Å². The van der Waals surface area contributed by atoms with Crippen LogP contribution in [0.25, 0.3) is 0 Å². The molecule has 2 aromatic rings. The molecule has 0 radical (unpaired) electrons. The average Bonchev–Trinajstić information content (AvgIpc) is 3.66. The maximum Gasteiger partial charge on any atom is 0.238 e. The predicted molar refractivity (Wildman–Crippen MR) is 145 cm³/mol. The fraction of sp³-hybridized carbons (Fsp3) is 0.533. The molecule has 2 aromatic carbocycles. The summed E-state index contributed by atoms with van der Waals surface area (Å²) in [6, 6.07) is 16.9. The number of hydrogen-bond acceptors (Lipinski definition) is 4. The van der Waals surface area contributed by atoms with Gasteiger partial charge in [-0.05, 0) is 106 Å². The minimum Gasteiger partial charge on any atom is -0.325 e. The van der Waals surface area contributed by atoms with Crippen LogP contribution in [0.2, 0.25) is 0 Å². The highest BCUT2D eigenvalue weighted by Crippen LogP contribution is 2.42. The van der Waals surface area contributed by atoms with Crippen LogP contribution in [0.15, 0.2) is 48.5 Å². The van der Waals surface area contributed by atoms with Crippen LogP contribution >= 0.6 is 0 Å². The summed E-state index contributed by atoms with van der Waals surface area (Å²) in [6.45, 7) is 5.06. The van der Waals surface area contributed by atoms with Gasteiger partial charge in [0.05, 0.1) is 13.1 Å². The number of likely N-dealkylation sites (tertiary alicyclic amines) is 2. The molecule has 0 unspecified atom stereocenters. The van der Waals surface area contributed by atoms with Crippen molar-refractivity contribution in [2.45, 2.75) is 57.3 Å². The first-order chi connectivity index (χ1) is 17.6. The first-order valence-electron chi connectivity index (χ1n) is 13.9. The summed E-state index contributed by atoms with van der Waals surface area (Å²) in [5.74, 6) is 1.09. The van der Waals surface area contributed by atoms with Crippen molar-refractivity contribution >= 4 is 23.2 Å². The number of carbonyl (C=O) groups excluding carboxylic acids is 2. The zero-order valence-electron chi connectivity index (χ0n) is 21.4. The molecule has 3 fully saturated rings. The summed E-state index contributed by atoms with van der Waals surface area (Å²) in [5, 5.41) is 6.14. The molecule has 5 rings (SSSR count). The highest BCUT2D eigenvalue weighted by molar-refractivity contribution is 5.92. The third kappa shape index (κ3) is 6.54. The van der Waals surface area contributed by atoms with E-state index in [1.165, 1.54) is 62.5 Å². The molecule has 0 bridgehead atoms. The van der Waals surface area contributed by atoms with Gasteiger partial charge in [-0.2, -0.15) is 0 Å². The van der Waals surface area contributed by atoms with Gasteiger partial charge >= 0.3 is 0 Å². The Morgan fingerprint density at radius 2 is 1.03 bits per heavy atom. The van der Waals surface area contributed by atoms with E-state index in [-0.39, 0.29) is 11.8 Å². The van der Waals surface area contributed by atoms with E-state index in [1.54, 1.807) is 0 Å². The van der Waals surface area contributed by atoms with Crippen molar-refractivity contribution in [3.63, 3.8) is 0 Å². The molecular formula is C30H40N4O2. The lowest BCUT2D eigenvalue weighted by atomic mass is 9.79. The summed E-state index contributed by atoms with van der Waals surface area (Å²) in [4.78, 5) is 29.3. The third-order valence-corrected chi connectivity index (χ3v) is 8.11. The molecule has 0 atom stereocenters. The largest absolute Gasteiger partial charge is 0.325 e. The molecule has 36 heavy (non-hydrogen) atoms. The topological polar surface area (TPSA) is 64.7 Å². The van der Waals surface area contributed by atoms with Gasteiger partial charge in [0.15, 0.2) is 0 Å². The Labute approximate surface area is 215 Å². The van der Waals surface area contributed by atoms with E-state index in [0.29, 0.717) is 24.9 Å². The van der Waals surface area contributed by atoms with Gasteiger partial charge in [-0.25, -0.2) is 0 Å². The monoisotopic (exact) mass is 488 g/mol. The average molecular weight is 489 g/mol. The number of hydrogen-bond donors (Lipinski definition) is 2. The lowest BCUT2D eigenvalue weighted by Gasteiger charge is -2.25. The molecule has 2 aliphatic heterocycles. The van der Waals surface area contributed by atoms with Crippen molar-refractivity contribution in [3.05, 3.63) is 59.7 Å². The Morgan fingerprint density at radius 3 is 1.42 bits per heavy atom. The van der Waals surface area contributed by atoms with E-state index in [4.69, 9.17) is 0 Å². The zero-order valence-corrected chi connectivity index (χ0v) is 21.4. The summed E-state index contributed by atoms with van der Waals surface area (Å²) < 4.78 is 0. The van der Waals surface area contributed by atoms with Gasteiger partial charge < -0.3 is 10.6 Å². The molecule has 2 amide bonds. The second-order valence-electron chi connectivity index (χ2n) is 10.8. The number of carbonyl (C=O) groups is 2. The highest BCUT2D eigenvalue weighted by Gasteiger charge is 2.28. The maximum atomic E-state index is 12.4. The first-order valence-corrected chi connectivity index (χ1v) is 13.9. The molecule has 2 N–H and O–H groups in total. The second kappa shape index (κ2) is 12.0. The van der Waals surface area contributed by atoms with Gasteiger partial charge in [0.25, 0.3) is 0 Å². The van der Waals surface area contributed by atoms with Crippen molar-refractivity contribution in [3.8, 4) is 0 Å². The molecule has 1 saturated carbocycles. The molecule has 2 saturated heterocycles. The normalized spacial score (nSPS) is 19.2. The second-order valence-corrected chi connectivity index (χ2v) is 10.8. The summed E-state index contributed by atoms with van der Waals surface area (Å²) >= 11 is 0. The lowest BCUT2D eigenvalue weighted by Crippen LogP contribution is -2.30. The highest BCUT2D eigenvalue weighted by atomic mass is 16.2. The van der Waals surface area contributed by atoms with E-state index in [9.17, 15) is 9.59 Å². The number of rotatable bonds is 9. The van der Waals surface area contributed by atoms with Crippen LogP contribution in [-0.2, 0) is 9.59 Å². The van der Waals surface area contributed by atoms with Crippen molar-refractivity contribution in [1.82, 2.24) is 9.80 Å². The summed E-state index contributed by atoms with van der Waals surface area (Å²) in [6.07, 6.45) is 9.83. The Hall–Kier alpha value is -2.70. The molecular weight excluding hydrogens is 448 g/mol. The zero-order chi connectivity index (χ0) is 24.7. The van der Waals surface area contributed by atoms with Crippen LogP contribution in [0.5, 0.6) is 0 Å². The first kappa shape index (κ1) is 25.0. The van der Waals surface area contributed by atoms with Gasteiger partial charge in [0.2, 0.25) is 11.8 Å². The molecule has 2 heterocycles. The van der Waals surface area contributed by atoms with Gasteiger partial charge in [-0.3, -0.25) is 19.4 Å². The minimum atomic E-state index is 0.0689. The van der Waals surface area contributed by atoms with E-state index in [0.717, 1.165) is 37.6 Å². The number of nitrogens with one attached hydrogen (secondary N) is 2. The van der Waals surface area contributed by atoms with E-state index in [1.807, 2.05) is 24.3 Å². The van der Waals surface area contributed by atoms with Crippen molar-refractivity contribution in [2.75, 3.05) is 49.9 Å². The van der Waals surface area contributed by atoms with E-state index < -0.39 is 0 Å². The Morgan fingerprint density at radius 1 is 0.639 bits per heavy atom. The molecule has 192 valence electrons. The van der Waals surface area contributed by atoms with Gasteiger partial charge in [0.1, 0.15) is 0 Å². The predicted octanol–water partition coefficient (Wildman–Crippen LogP) is 5.08. The Kier molecular flexibility index (Phi) is 8.34. The van der Waals surface area contributed by atoms with Crippen molar-refractivity contribution in [1.29, 1.82) is 0 Å². The van der Waals surface area contributed by atoms with Gasteiger partial charge in [-0.15, -0.1) is 0 Å². The fourth-order valence-electron chi connectivity index (χ4n) is 6.26. The molecule has 0 spiro atoms. The van der Waals surface area contributed by atoms with Crippen LogP contribution in [0.1, 0.15) is 68.4 Å². The van der Waals surface area contributed by atoms with Crippen LogP contribution in [0.3, 0.4) is 0 Å². The van der Waals surface area contributed by atoms with Gasteiger partial charge in [0, 0.05) is 17.3 Å². The van der Waals surface area contributed by atoms with Crippen molar-refractivity contribution < 1.29 is 9.59 Å². The molecule has 1 aliphatic carbocycles. The van der Waals surface area contributed by atoms with Crippen LogP contribution in [-0.4, -0.2) is 60.9 Å². The minimum absolute atomic E-state index is 0.0689. The lowest BCUT2D eigenvalue weighted by molar-refractivity contribution is -0.117. The quantitative estimate of drug-likeness (QED) is 0.517. The number of nitrogens with zero attached hydrogens (tertiary/aromatic N) is 2. The third-order valence-electron chi connectivity index (χ3n) is 8.11. The summed E-state index contributed by atoms with van der Waals surface area (Å²) in [5.41, 5.74) is 4.32. The standard InChI is InChI=1S/C30H40N4O2/c35-28(21-33-17-3-4-18-33)31-26-13-9-24(10-14-26)30(23-7-1-2-8-23)25-11-15-27(16-12-25)32-29(36)22-34-19-5-6-20-34/h9-16,23,30H,1-8,17-22H2,(H,31,35)(H,32,36). The Balaban J connectivity index is 1.24. The van der Waals surface area contributed by atoms with Crippen molar-refractivity contribution in [2.24, 2.45) is 5.92 Å². The van der Waals surface area contributed by atoms with Crippen LogP contribution in [0, 0.1) is 5.92 Å². The van der Waals surface area contributed by atoms with Gasteiger partial charge in [-0.1, -0.05) is 37.1 Å². The number of amides is 2. The number of benzene rings is 2. The van der Waals surface area contributed by atoms with Crippen LogP contribution < -0.4 is 10.6 Å². The maximum absolute atomic E-state index is 12.4. The molecule has 6 heteroatoms. The molecule has 3 aliphatic rings. The molecule has 0 aromatic heterocycles. The fourth-order valence-corrected chi connectivity index (χ4v) is 6.26. The SMILES string of the molecule is O=C(CN1CCCC1)Nc1ccc(C(c2ccc(NC(=O)CN3CCCC3)cc2)C2CCCC2)cc1. The number of anilines is 2. The smallest absolute Gasteiger partial charge is 0.238 e. The summed E-state index contributed by atoms with van der Waals surface area (Å²) in [7, 11) is 0. The Bertz CT molecular complexity index is 927. The van der Waals surface area contributed by atoms with E-state index in [2.05, 4.69) is 44.7 Å².